The number of thiophene rings is 1. The van der Waals surface area contributed by atoms with E-state index in [1.807, 2.05) is 45.0 Å². The van der Waals surface area contributed by atoms with E-state index in [9.17, 15) is 23.1 Å². The van der Waals surface area contributed by atoms with Crippen molar-refractivity contribution in [3.63, 3.8) is 0 Å². The molecular weight excluding hydrogens is 478 g/mol. The summed E-state index contributed by atoms with van der Waals surface area (Å²) >= 11 is 1.08. The average molecular weight is 510 g/mol. The first-order chi connectivity index (χ1) is 16.1. The summed E-state index contributed by atoms with van der Waals surface area (Å²) in [5.41, 5.74) is 0.844. The number of benzene rings is 1. The number of carbonyl (C=O) groups is 2. The van der Waals surface area contributed by atoms with Gasteiger partial charge in [0.15, 0.2) is 0 Å². The van der Waals surface area contributed by atoms with Gasteiger partial charge in [-0.2, -0.15) is 4.72 Å². The Morgan fingerprint density at radius 3 is 2.35 bits per heavy atom. The Morgan fingerprint density at radius 1 is 1.15 bits per heavy atom. The zero-order chi connectivity index (χ0) is 24.9. The topological polar surface area (TPSA) is 125 Å². The fourth-order valence-corrected chi connectivity index (χ4v) is 6.44. The number of carboxylic acids is 1. The van der Waals surface area contributed by atoms with Crippen molar-refractivity contribution in [2.75, 3.05) is 19.7 Å². The minimum Gasteiger partial charge on any atom is -0.494 e. The number of nitrogens with zero attached hydrogens (tertiary/aromatic N) is 1. The zero-order valence-electron chi connectivity index (χ0n) is 19.5. The summed E-state index contributed by atoms with van der Waals surface area (Å²) in [7, 11) is -4.03. The van der Waals surface area contributed by atoms with E-state index in [1.165, 1.54) is 6.07 Å². The lowest BCUT2D eigenvalue weighted by Gasteiger charge is -2.35. The third-order valence-corrected chi connectivity index (χ3v) is 8.62. The molecule has 2 heterocycles. The molecule has 3 N–H and O–H groups in total. The molecule has 34 heavy (non-hydrogen) atoms. The first-order valence-electron chi connectivity index (χ1n) is 11.2. The molecule has 1 aromatic carbocycles. The molecule has 0 aliphatic carbocycles. The second-order valence-corrected chi connectivity index (χ2v) is 11.5. The van der Waals surface area contributed by atoms with Crippen LogP contribution in [-0.4, -0.2) is 62.2 Å². The molecule has 0 radical (unpaired) electrons. The molecular formula is C23H31N3O6S2. The molecule has 1 atom stereocenters. The molecule has 1 aliphatic heterocycles. The molecule has 2 amide bonds. The standard InChI is InChI=1S/C23H31N3O6S2/c1-4-32-18-7-5-16(6-8-18)19-9-10-20(33-19)34(30,31)25-21(22(27)28)17-11-13-26(14-12-17)23(29)24-15(2)3/h5-10,15,17,21,25H,4,11-14H2,1-3H3,(H,24,29)(H,27,28)/t21-/m1/s1. The number of sulfonamides is 1. The molecule has 1 aromatic heterocycles. The molecule has 0 spiro atoms. The van der Waals surface area contributed by atoms with E-state index in [1.54, 1.807) is 11.0 Å². The predicted molar refractivity (Wildman–Crippen MR) is 131 cm³/mol. The number of nitrogens with one attached hydrogen (secondary N) is 2. The molecule has 0 unspecified atom stereocenters. The molecule has 3 rings (SSSR count). The summed E-state index contributed by atoms with van der Waals surface area (Å²) < 4.78 is 33.9. The lowest BCUT2D eigenvalue weighted by Crippen LogP contribution is -2.52. The minimum absolute atomic E-state index is 0.00194. The zero-order valence-corrected chi connectivity index (χ0v) is 21.1. The van der Waals surface area contributed by atoms with Gasteiger partial charge in [-0.05, 0) is 81.5 Å². The van der Waals surface area contributed by atoms with Gasteiger partial charge in [-0.25, -0.2) is 13.2 Å². The molecule has 1 saturated heterocycles. The summed E-state index contributed by atoms with van der Waals surface area (Å²) in [5.74, 6) is -0.910. The number of urea groups is 1. The van der Waals surface area contributed by atoms with E-state index in [-0.39, 0.29) is 16.3 Å². The SMILES string of the molecule is CCOc1ccc(-c2ccc(S(=O)(=O)N[C@@H](C(=O)O)C3CCN(C(=O)NC(C)C)CC3)s2)cc1. The largest absolute Gasteiger partial charge is 0.494 e. The first kappa shape index (κ1) is 26.0. The lowest BCUT2D eigenvalue weighted by atomic mass is 9.90. The Labute approximate surface area is 204 Å². The number of amides is 2. The Hall–Kier alpha value is -2.63. The van der Waals surface area contributed by atoms with Crippen LogP contribution in [0.4, 0.5) is 4.79 Å². The highest BCUT2D eigenvalue weighted by molar-refractivity contribution is 7.91. The van der Waals surface area contributed by atoms with Crippen LogP contribution in [0.15, 0.2) is 40.6 Å². The van der Waals surface area contributed by atoms with Crippen LogP contribution in [0.3, 0.4) is 0 Å². The second-order valence-electron chi connectivity index (χ2n) is 8.44. The fraction of sp³-hybridized carbons (Fsp3) is 0.478. The fourth-order valence-electron chi connectivity index (χ4n) is 3.85. The van der Waals surface area contributed by atoms with E-state index in [0.717, 1.165) is 27.5 Å². The first-order valence-corrected chi connectivity index (χ1v) is 13.5. The van der Waals surface area contributed by atoms with Crippen LogP contribution < -0.4 is 14.8 Å². The smallest absolute Gasteiger partial charge is 0.322 e. The Bertz CT molecular complexity index is 1090. The van der Waals surface area contributed by atoms with Gasteiger partial charge in [0, 0.05) is 24.0 Å². The van der Waals surface area contributed by atoms with Crippen LogP contribution in [0.5, 0.6) is 5.75 Å². The van der Waals surface area contributed by atoms with Gasteiger partial charge in [0.2, 0.25) is 0 Å². The Balaban J connectivity index is 1.68. The number of hydrogen-bond acceptors (Lipinski definition) is 6. The third-order valence-electron chi connectivity index (χ3n) is 5.55. The summed E-state index contributed by atoms with van der Waals surface area (Å²) in [6.07, 6.45) is 0.791. The van der Waals surface area contributed by atoms with Gasteiger partial charge in [-0.1, -0.05) is 0 Å². The van der Waals surface area contributed by atoms with Crippen molar-refractivity contribution in [3.8, 4) is 16.2 Å². The van der Waals surface area contributed by atoms with Crippen molar-refractivity contribution in [2.45, 2.75) is 49.9 Å². The molecule has 9 nitrogen and oxygen atoms in total. The maximum absolute atomic E-state index is 13.0. The van der Waals surface area contributed by atoms with Gasteiger partial charge in [-0.15, -0.1) is 11.3 Å². The quantitative estimate of drug-likeness (QED) is 0.476. The monoisotopic (exact) mass is 509 g/mol. The van der Waals surface area contributed by atoms with Gasteiger partial charge >= 0.3 is 12.0 Å². The van der Waals surface area contributed by atoms with Gasteiger partial charge in [0.1, 0.15) is 16.0 Å². The van der Waals surface area contributed by atoms with Crippen molar-refractivity contribution < 1.29 is 27.9 Å². The number of ether oxygens (including phenoxy) is 1. The molecule has 186 valence electrons. The van der Waals surface area contributed by atoms with E-state index in [2.05, 4.69) is 10.0 Å². The molecule has 0 saturated carbocycles. The maximum Gasteiger partial charge on any atom is 0.322 e. The van der Waals surface area contributed by atoms with Crippen LogP contribution in [0, 0.1) is 5.92 Å². The van der Waals surface area contributed by atoms with Crippen molar-refractivity contribution in [2.24, 2.45) is 5.92 Å². The number of carbonyl (C=O) groups excluding carboxylic acids is 1. The third kappa shape index (κ3) is 6.49. The number of likely N-dealkylation sites (tertiary alicyclic amines) is 1. The summed E-state index contributed by atoms with van der Waals surface area (Å²) in [6.45, 7) is 6.93. The number of carboxylic acid groups (broad SMARTS) is 1. The number of aliphatic carboxylic acids is 1. The number of piperidine rings is 1. The van der Waals surface area contributed by atoms with Crippen molar-refractivity contribution >= 4 is 33.4 Å². The predicted octanol–water partition coefficient (Wildman–Crippen LogP) is 3.38. The van der Waals surface area contributed by atoms with E-state index < -0.39 is 28.0 Å². The molecule has 11 heteroatoms. The van der Waals surface area contributed by atoms with Crippen LogP contribution in [0.2, 0.25) is 0 Å². The number of rotatable bonds is 9. The van der Waals surface area contributed by atoms with Crippen molar-refractivity contribution in [1.29, 1.82) is 0 Å². The van der Waals surface area contributed by atoms with Crippen LogP contribution in [0.1, 0.15) is 33.6 Å². The van der Waals surface area contributed by atoms with Gasteiger partial charge in [0.05, 0.1) is 6.61 Å². The van der Waals surface area contributed by atoms with Gasteiger partial charge < -0.3 is 20.1 Å². The minimum atomic E-state index is -4.03. The van der Waals surface area contributed by atoms with Gasteiger partial charge in [-0.3, -0.25) is 4.79 Å². The summed E-state index contributed by atoms with van der Waals surface area (Å²) in [6, 6.07) is 9.07. The Kier molecular flexibility index (Phi) is 8.56. The lowest BCUT2D eigenvalue weighted by molar-refractivity contribution is -0.140. The highest BCUT2D eigenvalue weighted by Crippen LogP contribution is 2.32. The average Bonchev–Trinajstić information content (AvgIpc) is 3.29. The second kappa shape index (κ2) is 11.2. The molecule has 1 aliphatic rings. The van der Waals surface area contributed by atoms with Crippen molar-refractivity contribution in [3.05, 3.63) is 36.4 Å². The van der Waals surface area contributed by atoms with Crippen LogP contribution in [-0.2, 0) is 14.8 Å². The van der Waals surface area contributed by atoms with Gasteiger partial charge in [0.25, 0.3) is 10.0 Å². The molecule has 0 bridgehead atoms. The van der Waals surface area contributed by atoms with E-state index in [0.29, 0.717) is 32.5 Å². The van der Waals surface area contributed by atoms with Crippen LogP contribution >= 0.6 is 11.3 Å². The molecule has 1 fully saturated rings. The highest BCUT2D eigenvalue weighted by atomic mass is 32.2. The van der Waals surface area contributed by atoms with Crippen molar-refractivity contribution in [1.82, 2.24) is 14.9 Å². The van der Waals surface area contributed by atoms with E-state index >= 15 is 0 Å². The normalized spacial score (nSPS) is 15.8. The van der Waals surface area contributed by atoms with Crippen LogP contribution in [0.25, 0.3) is 10.4 Å². The molecule has 2 aromatic rings. The highest BCUT2D eigenvalue weighted by Gasteiger charge is 2.36. The van der Waals surface area contributed by atoms with E-state index in [4.69, 9.17) is 4.74 Å². The summed E-state index contributed by atoms with van der Waals surface area (Å²) in [4.78, 5) is 26.5. The Morgan fingerprint density at radius 2 is 1.79 bits per heavy atom. The maximum atomic E-state index is 13.0. The summed E-state index contributed by atoms with van der Waals surface area (Å²) in [5, 5.41) is 12.6. The number of hydrogen-bond donors (Lipinski definition) is 3.